The summed E-state index contributed by atoms with van der Waals surface area (Å²) in [6.45, 7) is 7.69. The van der Waals surface area contributed by atoms with E-state index in [-0.39, 0.29) is 0 Å². The van der Waals surface area contributed by atoms with Crippen LogP contribution in [-0.2, 0) is 0 Å². The summed E-state index contributed by atoms with van der Waals surface area (Å²) in [5.41, 5.74) is 17.2. The van der Waals surface area contributed by atoms with Gasteiger partial charge in [0.15, 0.2) is 0 Å². The maximum Gasteiger partial charge on any atom is 0.0462 e. The van der Waals surface area contributed by atoms with E-state index in [9.17, 15) is 0 Å². The van der Waals surface area contributed by atoms with Gasteiger partial charge in [-0.15, -0.1) is 0 Å². The standard InChI is InChI=1S/C60H47N/c1-3-11-46(4-2)16-17-49-22-28-52(29-23-49)55-34-40-58(41-35-55)61(59-42-36-56(37-43-59)53-30-24-50(25-31-53)20-18-47-12-7-5-8-13-47)60-44-38-57(39-45-60)54-32-26-51(27-33-54)21-19-48-14-9-6-10-15-48/h3-45H,1-2H2/b17-16+,20-18+,21-19+,46-11+. The summed E-state index contributed by atoms with van der Waals surface area (Å²) < 4.78 is 0. The third-order valence-corrected chi connectivity index (χ3v) is 10.7. The van der Waals surface area contributed by atoms with E-state index in [1.54, 1.807) is 6.08 Å². The molecule has 0 aliphatic rings. The molecule has 0 heterocycles. The monoisotopic (exact) mass is 781 g/mol. The highest BCUT2D eigenvalue weighted by atomic mass is 15.1. The third-order valence-electron chi connectivity index (χ3n) is 10.7. The van der Waals surface area contributed by atoms with Gasteiger partial charge in [0.1, 0.15) is 0 Å². The lowest BCUT2D eigenvalue weighted by atomic mass is 10.0. The lowest BCUT2D eigenvalue weighted by Gasteiger charge is -2.26. The van der Waals surface area contributed by atoms with Crippen molar-refractivity contribution in [1.29, 1.82) is 0 Å². The lowest BCUT2D eigenvalue weighted by molar-refractivity contribution is 1.28. The summed E-state index contributed by atoms with van der Waals surface area (Å²) in [4.78, 5) is 2.33. The zero-order valence-corrected chi connectivity index (χ0v) is 34.2. The van der Waals surface area contributed by atoms with Gasteiger partial charge in [0, 0.05) is 17.1 Å². The number of allylic oxidation sites excluding steroid dienone is 5. The van der Waals surface area contributed by atoms with Crippen molar-refractivity contribution >= 4 is 47.4 Å². The van der Waals surface area contributed by atoms with Crippen LogP contribution in [0.2, 0.25) is 0 Å². The van der Waals surface area contributed by atoms with Crippen LogP contribution in [0.25, 0.3) is 63.8 Å². The van der Waals surface area contributed by atoms with Crippen LogP contribution in [0, 0.1) is 0 Å². The molecule has 0 aliphatic carbocycles. The van der Waals surface area contributed by atoms with Crippen molar-refractivity contribution in [2.45, 2.75) is 0 Å². The van der Waals surface area contributed by atoms with Crippen LogP contribution in [0.15, 0.2) is 249 Å². The van der Waals surface area contributed by atoms with Gasteiger partial charge in [-0.1, -0.05) is 238 Å². The SMILES string of the molecule is C=C/C=C(C=C)/C=C/c1ccc(-c2ccc(N(c3ccc(-c4ccc(/C=C/c5ccccc5)cc4)cc3)c3ccc(-c4ccc(/C=C/c5ccccc5)cc4)cc3)cc2)cc1. The highest BCUT2D eigenvalue weighted by Crippen LogP contribution is 2.38. The van der Waals surface area contributed by atoms with Crippen LogP contribution >= 0.6 is 0 Å². The van der Waals surface area contributed by atoms with Crippen molar-refractivity contribution in [3.05, 3.63) is 277 Å². The van der Waals surface area contributed by atoms with Gasteiger partial charge in [0.25, 0.3) is 0 Å². The molecular weight excluding hydrogens is 735 g/mol. The minimum Gasteiger partial charge on any atom is -0.311 e. The minimum atomic E-state index is 1.02. The van der Waals surface area contributed by atoms with E-state index in [4.69, 9.17) is 0 Å². The lowest BCUT2D eigenvalue weighted by Crippen LogP contribution is -2.09. The van der Waals surface area contributed by atoms with E-state index in [2.05, 4.69) is 249 Å². The summed E-state index contributed by atoms with van der Waals surface area (Å²) >= 11 is 0. The molecule has 0 spiro atoms. The van der Waals surface area contributed by atoms with Gasteiger partial charge >= 0.3 is 0 Å². The number of hydrogen-bond donors (Lipinski definition) is 0. The molecule has 0 atom stereocenters. The first kappa shape index (κ1) is 39.8. The van der Waals surface area contributed by atoms with Crippen LogP contribution in [0.3, 0.4) is 0 Å². The topological polar surface area (TPSA) is 3.24 Å². The minimum absolute atomic E-state index is 1.02. The molecule has 8 rings (SSSR count). The summed E-state index contributed by atoms with van der Waals surface area (Å²) in [7, 11) is 0. The first-order chi connectivity index (χ1) is 30.1. The maximum absolute atomic E-state index is 3.89. The molecule has 8 aromatic rings. The highest BCUT2D eigenvalue weighted by molar-refractivity contribution is 5.82. The molecule has 61 heavy (non-hydrogen) atoms. The number of hydrogen-bond acceptors (Lipinski definition) is 1. The Kier molecular flexibility index (Phi) is 12.8. The van der Waals surface area contributed by atoms with Gasteiger partial charge in [-0.05, 0) is 103 Å². The Labute approximate surface area is 361 Å². The highest BCUT2D eigenvalue weighted by Gasteiger charge is 2.14. The van der Waals surface area contributed by atoms with Crippen molar-refractivity contribution in [1.82, 2.24) is 0 Å². The third kappa shape index (κ3) is 10.4. The largest absolute Gasteiger partial charge is 0.311 e. The van der Waals surface area contributed by atoms with Gasteiger partial charge < -0.3 is 4.90 Å². The van der Waals surface area contributed by atoms with E-state index < -0.39 is 0 Å². The Morgan fingerprint density at radius 2 is 0.590 bits per heavy atom. The molecule has 292 valence electrons. The molecule has 0 fully saturated rings. The number of nitrogens with zero attached hydrogens (tertiary/aromatic N) is 1. The Bertz CT molecular complexity index is 2650. The Morgan fingerprint density at radius 1 is 0.311 bits per heavy atom. The number of benzene rings is 8. The average Bonchev–Trinajstić information content (AvgIpc) is 3.33. The molecular formula is C60H47N. The van der Waals surface area contributed by atoms with Crippen molar-refractivity contribution in [3.63, 3.8) is 0 Å². The molecule has 0 radical (unpaired) electrons. The summed E-state index contributed by atoms with van der Waals surface area (Å²) in [6.07, 6.45) is 18.3. The van der Waals surface area contributed by atoms with Gasteiger partial charge in [-0.25, -0.2) is 0 Å². The smallest absolute Gasteiger partial charge is 0.0462 e. The normalized spacial score (nSPS) is 11.6. The quantitative estimate of drug-likeness (QED) is 0.0785. The molecule has 0 amide bonds. The predicted octanol–water partition coefficient (Wildman–Crippen LogP) is 16.8. The van der Waals surface area contributed by atoms with E-state index in [0.29, 0.717) is 0 Å². The molecule has 0 bridgehead atoms. The molecule has 0 aliphatic heterocycles. The van der Waals surface area contributed by atoms with E-state index in [1.165, 1.54) is 44.5 Å². The summed E-state index contributed by atoms with van der Waals surface area (Å²) in [6, 6.07) is 73.5. The van der Waals surface area contributed by atoms with Crippen molar-refractivity contribution < 1.29 is 0 Å². The van der Waals surface area contributed by atoms with Crippen LogP contribution < -0.4 is 4.90 Å². The van der Waals surface area contributed by atoms with Gasteiger partial charge in [0.05, 0.1) is 0 Å². The maximum atomic E-state index is 3.89. The second-order valence-corrected chi connectivity index (χ2v) is 14.8. The second kappa shape index (κ2) is 19.6. The van der Waals surface area contributed by atoms with Crippen LogP contribution in [-0.4, -0.2) is 0 Å². The van der Waals surface area contributed by atoms with Crippen molar-refractivity contribution in [2.24, 2.45) is 0 Å². The zero-order chi connectivity index (χ0) is 41.6. The van der Waals surface area contributed by atoms with Crippen LogP contribution in [0.1, 0.15) is 27.8 Å². The van der Waals surface area contributed by atoms with Crippen molar-refractivity contribution in [2.75, 3.05) is 4.90 Å². The van der Waals surface area contributed by atoms with Gasteiger partial charge in [0.2, 0.25) is 0 Å². The fraction of sp³-hybridized carbons (Fsp3) is 0. The first-order valence-electron chi connectivity index (χ1n) is 20.6. The number of anilines is 3. The number of rotatable bonds is 14. The van der Waals surface area contributed by atoms with Gasteiger partial charge in [-0.3, -0.25) is 0 Å². The van der Waals surface area contributed by atoms with E-state index in [1.807, 2.05) is 24.3 Å². The molecule has 1 heteroatoms. The Morgan fingerprint density at radius 3 is 0.885 bits per heavy atom. The van der Waals surface area contributed by atoms with Crippen molar-refractivity contribution in [3.8, 4) is 33.4 Å². The predicted molar refractivity (Wildman–Crippen MR) is 266 cm³/mol. The van der Waals surface area contributed by atoms with E-state index >= 15 is 0 Å². The van der Waals surface area contributed by atoms with Gasteiger partial charge in [-0.2, -0.15) is 0 Å². The molecule has 0 N–H and O–H groups in total. The second-order valence-electron chi connectivity index (χ2n) is 14.8. The fourth-order valence-corrected chi connectivity index (χ4v) is 7.25. The molecule has 8 aromatic carbocycles. The average molecular weight is 782 g/mol. The first-order valence-corrected chi connectivity index (χ1v) is 20.6. The van der Waals surface area contributed by atoms with Crippen LogP contribution in [0.5, 0.6) is 0 Å². The van der Waals surface area contributed by atoms with E-state index in [0.717, 1.165) is 39.3 Å². The molecule has 0 saturated heterocycles. The Balaban J connectivity index is 1.05. The van der Waals surface area contributed by atoms with Crippen LogP contribution in [0.4, 0.5) is 17.1 Å². The zero-order valence-electron chi connectivity index (χ0n) is 34.2. The fourth-order valence-electron chi connectivity index (χ4n) is 7.25. The summed E-state index contributed by atoms with van der Waals surface area (Å²) in [5.74, 6) is 0. The summed E-state index contributed by atoms with van der Waals surface area (Å²) in [5, 5.41) is 0. The Hall–Kier alpha value is -8.00. The molecule has 0 unspecified atom stereocenters. The molecule has 1 nitrogen and oxygen atoms in total. The molecule has 0 saturated carbocycles. The molecule has 0 aromatic heterocycles.